The van der Waals surface area contributed by atoms with Crippen molar-refractivity contribution in [1.29, 1.82) is 0 Å². The molecule has 0 unspecified atom stereocenters. The molecule has 0 spiro atoms. The van der Waals surface area contributed by atoms with Crippen LogP contribution in [0.25, 0.3) is 0 Å². The summed E-state index contributed by atoms with van der Waals surface area (Å²) in [4.78, 5) is 10.7. The maximum Gasteiger partial charge on any atom is 0.338 e. The molecule has 2 aromatic carbocycles. The number of aromatic carboxylic acids is 1. The molecule has 0 fully saturated rings. The molecule has 5 heteroatoms. The van der Waals surface area contributed by atoms with Crippen LogP contribution < -0.4 is 4.74 Å². The van der Waals surface area contributed by atoms with E-state index in [-0.39, 0.29) is 12.2 Å². The smallest absolute Gasteiger partial charge is 0.338 e. The molecule has 0 aliphatic rings. The van der Waals surface area contributed by atoms with Crippen molar-refractivity contribution in [2.45, 2.75) is 6.61 Å². The number of para-hydroxylation sites is 1. The lowest BCUT2D eigenvalue weighted by molar-refractivity contribution is 0.0692. The van der Waals surface area contributed by atoms with E-state index in [0.29, 0.717) is 16.3 Å². The maximum absolute atomic E-state index is 13.4. The van der Waals surface area contributed by atoms with Crippen molar-refractivity contribution >= 4 is 17.6 Å². The molecule has 2 aromatic rings. The highest BCUT2D eigenvalue weighted by Crippen LogP contribution is 2.24. The summed E-state index contributed by atoms with van der Waals surface area (Å²) in [6.45, 7) is 0.112. The number of benzene rings is 2. The highest BCUT2D eigenvalue weighted by molar-refractivity contribution is 6.32. The zero-order valence-corrected chi connectivity index (χ0v) is 10.5. The number of hydrogen-bond acceptors (Lipinski definition) is 2. The van der Waals surface area contributed by atoms with Crippen molar-refractivity contribution in [3.8, 4) is 5.75 Å². The normalized spacial score (nSPS) is 10.2. The molecule has 3 nitrogen and oxygen atoms in total. The van der Waals surface area contributed by atoms with Gasteiger partial charge in [-0.05, 0) is 29.8 Å². The third-order valence-corrected chi connectivity index (χ3v) is 2.81. The first-order valence-corrected chi connectivity index (χ1v) is 5.85. The van der Waals surface area contributed by atoms with Gasteiger partial charge in [0, 0.05) is 0 Å². The van der Waals surface area contributed by atoms with Crippen LogP contribution in [0.3, 0.4) is 0 Å². The van der Waals surface area contributed by atoms with Crippen LogP contribution in [0.15, 0.2) is 42.5 Å². The van der Waals surface area contributed by atoms with E-state index in [0.717, 1.165) is 6.07 Å². The van der Waals surface area contributed by atoms with Crippen molar-refractivity contribution in [2.75, 3.05) is 0 Å². The Morgan fingerprint density at radius 3 is 2.63 bits per heavy atom. The first-order valence-electron chi connectivity index (χ1n) is 5.47. The molecule has 1 N–H and O–H groups in total. The van der Waals surface area contributed by atoms with Crippen LogP contribution >= 0.6 is 11.6 Å². The second-order valence-corrected chi connectivity index (χ2v) is 4.25. The molecule has 98 valence electrons. The number of ether oxygens (including phenoxy) is 1. The Morgan fingerprint density at radius 2 is 2.00 bits per heavy atom. The third-order valence-electron chi connectivity index (χ3n) is 2.49. The van der Waals surface area contributed by atoms with Gasteiger partial charge in [-0.25, -0.2) is 9.18 Å². The minimum atomic E-state index is -1.30. The molecule has 0 saturated carbocycles. The van der Waals surface area contributed by atoms with Crippen LogP contribution in [0.1, 0.15) is 15.9 Å². The SMILES string of the molecule is O=C(O)c1ccc(COc2ccccc2Cl)cc1F. The average molecular weight is 281 g/mol. The zero-order chi connectivity index (χ0) is 13.8. The van der Waals surface area contributed by atoms with Gasteiger partial charge < -0.3 is 9.84 Å². The summed E-state index contributed by atoms with van der Waals surface area (Å²) in [5, 5.41) is 9.18. The fourth-order valence-corrected chi connectivity index (χ4v) is 1.73. The summed E-state index contributed by atoms with van der Waals surface area (Å²) >= 11 is 5.91. The monoisotopic (exact) mass is 280 g/mol. The Bertz CT molecular complexity index is 613. The topological polar surface area (TPSA) is 46.5 Å². The van der Waals surface area contributed by atoms with E-state index in [1.807, 2.05) is 0 Å². The lowest BCUT2D eigenvalue weighted by Crippen LogP contribution is -2.03. The van der Waals surface area contributed by atoms with E-state index in [1.54, 1.807) is 24.3 Å². The van der Waals surface area contributed by atoms with Crippen LogP contribution in [0.5, 0.6) is 5.75 Å². The van der Waals surface area contributed by atoms with Crippen molar-refractivity contribution in [2.24, 2.45) is 0 Å². The fraction of sp³-hybridized carbons (Fsp3) is 0.0714. The standard InChI is InChI=1S/C14H10ClFO3/c15-11-3-1-2-4-13(11)19-8-9-5-6-10(14(17)18)12(16)7-9/h1-7H,8H2,(H,17,18). The molecule has 0 aromatic heterocycles. The van der Waals surface area contributed by atoms with Crippen molar-refractivity contribution in [3.63, 3.8) is 0 Å². The molecule has 0 bridgehead atoms. The Kier molecular flexibility index (Phi) is 4.02. The van der Waals surface area contributed by atoms with Crippen LogP contribution in [0.2, 0.25) is 5.02 Å². The van der Waals surface area contributed by atoms with Crippen molar-refractivity contribution < 1.29 is 19.0 Å². The van der Waals surface area contributed by atoms with E-state index in [1.165, 1.54) is 12.1 Å². The summed E-state index contributed by atoms with van der Waals surface area (Å²) in [6, 6.07) is 10.8. The van der Waals surface area contributed by atoms with Gasteiger partial charge in [-0.3, -0.25) is 0 Å². The molecule has 0 atom stereocenters. The number of rotatable bonds is 4. The summed E-state index contributed by atoms with van der Waals surface area (Å²) in [6.07, 6.45) is 0. The van der Waals surface area contributed by atoms with Gasteiger partial charge in [0.05, 0.1) is 10.6 Å². The minimum absolute atomic E-state index is 0.112. The molecule has 2 rings (SSSR count). The molecule has 0 aliphatic carbocycles. The minimum Gasteiger partial charge on any atom is -0.487 e. The number of carbonyl (C=O) groups is 1. The van der Waals surface area contributed by atoms with Crippen molar-refractivity contribution in [3.05, 3.63) is 64.4 Å². The van der Waals surface area contributed by atoms with E-state index in [4.69, 9.17) is 21.4 Å². The zero-order valence-electron chi connectivity index (χ0n) is 9.77. The number of carboxylic acid groups (broad SMARTS) is 1. The molecule has 0 saturated heterocycles. The summed E-state index contributed by atoms with van der Waals surface area (Å²) in [5.74, 6) is -1.59. The Labute approximate surface area is 114 Å². The highest BCUT2D eigenvalue weighted by atomic mass is 35.5. The van der Waals surface area contributed by atoms with E-state index in [2.05, 4.69) is 0 Å². The van der Waals surface area contributed by atoms with E-state index < -0.39 is 11.8 Å². The third kappa shape index (κ3) is 3.23. The van der Waals surface area contributed by atoms with Crippen LogP contribution in [-0.2, 0) is 6.61 Å². The van der Waals surface area contributed by atoms with Gasteiger partial charge in [-0.2, -0.15) is 0 Å². The number of carboxylic acids is 1. The van der Waals surface area contributed by atoms with Gasteiger partial charge in [0.15, 0.2) is 0 Å². The molecule has 0 radical (unpaired) electrons. The van der Waals surface area contributed by atoms with Gasteiger partial charge in [-0.15, -0.1) is 0 Å². The fourth-order valence-electron chi connectivity index (χ4n) is 1.54. The molecular weight excluding hydrogens is 271 g/mol. The van der Waals surface area contributed by atoms with Crippen molar-refractivity contribution in [1.82, 2.24) is 0 Å². The molecular formula is C14H10ClFO3. The van der Waals surface area contributed by atoms with E-state index in [9.17, 15) is 9.18 Å². The lowest BCUT2D eigenvalue weighted by Gasteiger charge is -2.08. The van der Waals surface area contributed by atoms with Gasteiger partial charge in [0.2, 0.25) is 0 Å². The first-order chi connectivity index (χ1) is 9.08. The van der Waals surface area contributed by atoms with Gasteiger partial charge in [0.25, 0.3) is 0 Å². The lowest BCUT2D eigenvalue weighted by atomic mass is 10.1. The molecule has 19 heavy (non-hydrogen) atoms. The second kappa shape index (κ2) is 5.71. The van der Waals surface area contributed by atoms with Crippen LogP contribution in [0.4, 0.5) is 4.39 Å². The summed E-state index contributed by atoms with van der Waals surface area (Å²) in [5.41, 5.74) is 0.170. The molecule has 0 aliphatic heterocycles. The Balaban J connectivity index is 2.11. The largest absolute Gasteiger partial charge is 0.487 e. The summed E-state index contributed by atoms with van der Waals surface area (Å²) in [7, 11) is 0. The Morgan fingerprint density at radius 1 is 1.26 bits per heavy atom. The van der Waals surface area contributed by atoms with Crippen LogP contribution in [-0.4, -0.2) is 11.1 Å². The van der Waals surface area contributed by atoms with Gasteiger partial charge in [0.1, 0.15) is 18.2 Å². The van der Waals surface area contributed by atoms with Gasteiger partial charge >= 0.3 is 5.97 Å². The predicted octanol–water partition coefficient (Wildman–Crippen LogP) is 3.76. The van der Waals surface area contributed by atoms with Crippen LogP contribution in [0, 0.1) is 5.82 Å². The second-order valence-electron chi connectivity index (χ2n) is 3.84. The summed E-state index contributed by atoms with van der Waals surface area (Å²) < 4.78 is 18.9. The number of halogens is 2. The molecule has 0 amide bonds. The highest BCUT2D eigenvalue weighted by Gasteiger charge is 2.10. The quantitative estimate of drug-likeness (QED) is 0.927. The first kappa shape index (κ1) is 13.4. The van der Waals surface area contributed by atoms with E-state index >= 15 is 0 Å². The maximum atomic E-state index is 13.4. The average Bonchev–Trinajstić information content (AvgIpc) is 2.37. The molecule has 0 heterocycles. The predicted molar refractivity (Wildman–Crippen MR) is 69.1 cm³/mol. The number of hydrogen-bond donors (Lipinski definition) is 1. The Hall–Kier alpha value is -2.07. The van der Waals surface area contributed by atoms with Gasteiger partial charge in [-0.1, -0.05) is 29.8 Å².